The summed E-state index contributed by atoms with van der Waals surface area (Å²) in [6, 6.07) is 6.61. The van der Waals surface area contributed by atoms with Crippen LogP contribution >= 0.6 is 0 Å². The van der Waals surface area contributed by atoms with Crippen molar-refractivity contribution in [1.82, 2.24) is 9.88 Å². The molecular weight excluding hydrogens is 351 g/mol. The van der Waals surface area contributed by atoms with Crippen molar-refractivity contribution in [3.05, 3.63) is 64.5 Å². The second-order valence-electron chi connectivity index (χ2n) is 5.48. The van der Waals surface area contributed by atoms with Crippen LogP contribution in [0.1, 0.15) is 42.3 Å². The zero-order chi connectivity index (χ0) is 19.1. The molecule has 0 saturated carbocycles. The minimum atomic E-state index is -4.76. The molecule has 2 amide bonds. The summed E-state index contributed by atoms with van der Waals surface area (Å²) in [5, 5.41) is 7.02. The van der Waals surface area contributed by atoms with E-state index in [0.29, 0.717) is 18.5 Å². The van der Waals surface area contributed by atoms with Gasteiger partial charge in [0, 0.05) is 11.8 Å². The van der Waals surface area contributed by atoms with Crippen molar-refractivity contribution in [3.8, 4) is 0 Å². The fourth-order valence-electron chi connectivity index (χ4n) is 2.64. The summed E-state index contributed by atoms with van der Waals surface area (Å²) in [6.07, 6.45) is -3.64. The smallest absolute Gasteiger partial charge is 0.305 e. The molecule has 2 heterocycles. The molecular formula is C17H10F3N3O3. The van der Waals surface area contributed by atoms with E-state index >= 15 is 0 Å². The van der Waals surface area contributed by atoms with Crippen LogP contribution in [0.5, 0.6) is 0 Å². The van der Waals surface area contributed by atoms with Crippen molar-refractivity contribution in [2.75, 3.05) is 0 Å². The van der Waals surface area contributed by atoms with E-state index in [1.165, 1.54) is 12.1 Å². The van der Waals surface area contributed by atoms with Crippen LogP contribution < -0.4 is 0 Å². The number of nitrogens with zero attached hydrogens (tertiary/aromatic N) is 2. The predicted octanol–water partition coefficient (Wildman–Crippen LogP) is 2.73. The Morgan fingerprint density at radius 1 is 1.15 bits per heavy atom. The Hall–Kier alpha value is -3.36. The number of halogens is 3. The van der Waals surface area contributed by atoms with Gasteiger partial charge in [-0.15, -0.1) is 0 Å². The molecule has 1 aliphatic heterocycles. The first-order valence-electron chi connectivity index (χ1n) is 7.30. The van der Waals surface area contributed by atoms with Crippen LogP contribution in [0, 0.1) is 5.41 Å². The highest BCUT2D eigenvalue weighted by atomic mass is 19.4. The molecule has 1 aliphatic rings. The Morgan fingerprint density at radius 2 is 1.73 bits per heavy atom. The molecule has 0 saturated heterocycles. The second kappa shape index (κ2) is 6.17. The predicted molar refractivity (Wildman–Crippen MR) is 83.0 cm³/mol. The van der Waals surface area contributed by atoms with Gasteiger partial charge in [-0.1, -0.05) is 12.1 Å². The molecule has 1 N–H and O–H groups in total. The molecule has 132 valence electrons. The summed E-state index contributed by atoms with van der Waals surface area (Å²) in [6.45, 7) is -0.535. The Balaban J connectivity index is 2.04. The first-order valence-corrected chi connectivity index (χ1v) is 7.30. The van der Waals surface area contributed by atoms with Crippen LogP contribution in [0.25, 0.3) is 0 Å². The number of hydrogen-bond donors (Lipinski definition) is 1. The fraction of sp³-hybridized carbons (Fsp3) is 0.118. The lowest BCUT2D eigenvalue weighted by molar-refractivity contribution is -0.141. The van der Waals surface area contributed by atoms with E-state index in [9.17, 15) is 27.6 Å². The van der Waals surface area contributed by atoms with E-state index in [-0.39, 0.29) is 22.3 Å². The van der Waals surface area contributed by atoms with Gasteiger partial charge in [-0.3, -0.25) is 24.3 Å². The molecule has 0 spiro atoms. The summed E-state index contributed by atoms with van der Waals surface area (Å²) in [4.78, 5) is 40.5. The Morgan fingerprint density at radius 3 is 2.23 bits per heavy atom. The van der Waals surface area contributed by atoms with E-state index in [0.717, 1.165) is 4.90 Å². The van der Waals surface area contributed by atoms with Gasteiger partial charge in [-0.2, -0.15) is 13.2 Å². The summed E-state index contributed by atoms with van der Waals surface area (Å²) in [5.74, 6) is -2.20. The van der Waals surface area contributed by atoms with Crippen molar-refractivity contribution in [2.45, 2.75) is 12.7 Å². The van der Waals surface area contributed by atoms with Crippen molar-refractivity contribution < 1.29 is 27.6 Å². The summed E-state index contributed by atoms with van der Waals surface area (Å²) < 4.78 is 38.8. The number of fused-ring (bicyclic) bond motifs is 1. The number of aromatic nitrogens is 1. The molecule has 2 aromatic rings. The third kappa shape index (κ3) is 2.87. The quantitative estimate of drug-likeness (QED) is 0.515. The second-order valence-corrected chi connectivity index (χ2v) is 5.48. The SMILES string of the molecule is N=CC(=O)c1cnc(C(F)(F)F)cc1CN1C(=O)c2ccccc2C1=O. The lowest BCUT2D eigenvalue weighted by Crippen LogP contribution is -2.30. The van der Waals surface area contributed by atoms with E-state index in [1.54, 1.807) is 12.1 Å². The number of ketones is 1. The average Bonchev–Trinajstić information content (AvgIpc) is 2.85. The number of carbonyl (C=O) groups excluding carboxylic acids is 3. The van der Waals surface area contributed by atoms with Crippen LogP contribution in [-0.4, -0.2) is 33.7 Å². The lowest BCUT2D eigenvalue weighted by atomic mass is 10.0. The first kappa shape index (κ1) is 17.5. The maximum atomic E-state index is 12.9. The molecule has 6 nitrogen and oxygen atoms in total. The largest absolute Gasteiger partial charge is 0.433 e. The number of pyridine rings is 1. The van der Waals surface area contributed by atoms with Crippen LogP contribution in [0.15, 0.2) is 36.5 Å². The number of carbonyl (C=O) groups is 3. The van der Waals surface area contributed by atoms with Crippen molar-refractivity contribution in [2.24, 2.45) is 0 Å². The minimum absolute atomic E-state index is 0.141. The topological polar surface area (TPSA) is 91.2 Å². The Kier molecular flexibility index (Phi) is 4.15. The van der Waals surface area contributed by atoms with Gasteiger partial charge < -0.3 is 5.41 Å². The maximum absolute atomic E-state index is 12.9. The van der Waals surface area contributed by atoms with Crippen molar-refractivity contribution >= 4 is 23.8 Å². The number of nitrogens with one attached hydrogen (secondary N) is 1. The highest BCUT2D eigenvalue weighted by molar-refractivity contribution is 6.34. The first-order chi connectivity index (χ1) is 12.2. The van der Waals surface area contributed by atoms with E-state index in [1.807, 2.05) is 0 Å². The number of imide groups is 1. The average molecular weight is 361 g/mol. The monoisotopic (exact) mass is 361 g/mol. The van der Waals surface area contributed by atoms with Gasteiger partial charge in [0.15, 0.2) is 0 Å². The van der Waals surface area contributed by atoms with Crippen molar-refractivity contribution in [1.29, 1.82) is 5.41 Å². The summed E-state index contributed by atoms with van der Waals surface area (Å²) in [5.41, 5.74) is -1.46. The summed E-state index contributed by atoms with van der Waals surface area (Å²) in [7, 11) is 0. The van der Waals surface area contributed by atoms with Crippen LogP contribution in [-0.2, 0) is 12.7 Å². The molecule has 0 aliphatic carbocycles. The van der Waals surface area contributed by atoms with E-state index < -0.39 is 36.0 Å². The van der Waals surface area contributed by atoms with Crippen LogP contribution in [0.2, 0.25) is 0 Å². The third-order valence-electron chi connectivity index (χ3n) is 3.88. The van der Waals surface area contributed by atoms with Gasteiger partial charge in [-0.25, -0.2) is 0 Å². The molecule has 0 bridgehead atoms. The Bertz CT molecular complexity index is 919. The van der Waals surface area contributed by atoms with Gasteiger partial charge in [0.1, 0.15) is 5.69 Å². The molecule has 9 heteroatoms. The number of Topliss-reactive ketones (excluding diaryl/α,β-unsaturated/α-hetero) is 1. The standard InChI is InChI=1S/C17H10F3N3O3/c18-17(19,20)14-5-9(12(7-22-14)13(24)6-21)8-23-15(25)10-3-1-2-4-11(10)16(23)26/h1-7,21H,8H2. The van der Waals surface area contributed by atoms with Gasteiger partial charge in [0.25, 0.3) is 11.8 Å². The molecule has 0 atom stereocenters. The normalized spacial score (nSPS) is 13.7. The lowest BCUT2D eigenvalue weighted by Gasteiger charge is -2.17. The Labute approximate surface area is 144 Å². The van der Waals surface area contributed by atoms with Crippen molar-refractivity contribution in [3.63, 3.8) is 0 Å². The maximum Gasteiger partial charge on any atom is 0.433 e. The molecule has 3 rings (SSSR count). The number of alkyl halides is 3. The van der Waals surface area contributed by atoms with E-state index in [2.05, 4.69) is 4.98 Å². The van der Waals surface area contributed by atoms with E-state index in [4.69, 9.17) is 5.41 Å². The molecule has 0 radical (unpaired) electrons. The third-order valence-corrected chi connectivity index (χ3v) is 3.88. The van der Waals surface area contributed by atoms with Gasteiger partial charge in [0.2, 0.25) is 5.78 Å². The van der Waals surface area contributed by atoms with Crippen LogP contribution in [0.4, 0.5) is 13.2 Å². The highest BCUT2D eigenvalue weighted by Gasteiger charge is 2.37. The fourth-order valence-corrected chi connectivity index (χ4v) is 2.64. The zero-order valence-corrected chi connectivity index (χ0v) is 13.0. The van der Waals surface area contributed by atoms with Gasteiger partial charge in [-0.05, 0) is 23.8 Å². The van der Waals surface area contributed by atoms with Gasteiger partial charge >= 0.3 is 6.18 Å². The number of rotatable bonds is 4. The molecule has 1 aromatic heterocycles. The molecule has 0 unspecified atom stereocenters. The van der Waals surface area contributed by atoms with Gasteiger partial charge in [0.05, 0.1) is 23.9 Å². The zero-order valence-electron chi connectivity index (χ0n) is 13.0. The number of amides is 2. The molecule has 0 fully saturated rings. The number of benzene rings is 1. The van der Waals surface area contributed by atoms with Crippen LogP contribution in [0.3, 0.4) is 0 Å². The number of hydrogen-bond acceptors (Lipinski definition) is 5. The molecule has 26 heavy (non-hydrogen) atoms. The minimum Gasteiger partial charge on any atom is -0.305 e. The highest BCUT2D eigenvalue weighted by Crippen LogP contribution is 2.30. The molecule has 1 aromatic carbocycles. The summed E-state index contributed by atoms with van der Waals surface area (Å²) >= 11 is 0.